The predicted molar refractivity (Wildman–Crippen MR) is 96.3 cm³/mol. The predicted octanol–water partition coefficient (Wildman–Crippen LogP) is 2.42. The Hall–Kier alpha value is -1.82. The van der Waals surface area contributed by atoms with Gasteiger partial charge >= 0.3 is 6.09 Å². The van der Waals surface area contributed by atoms with E-state index in [0.29, 0.717) is 13.1 Å². The van der Waals surface area contributed by atoms with Gasteiger partial charge in [-0.05, 0) is 45.2 Å². The third-order valence-corrected chi connectivity index (χ3v) is 4.35. The number of ether oxygens (including phenoxy) is 1. The number of rotatable bonds is 5. The number of alkyl carbamates (subject to hydrolysis) is 1. The second kappa shape index (κ2) is 7.38. The summed E-state index contributed by atoms with van der Waals surface area (Å²) in [4.78, 5) is 18.8. The summed E-state index contributed by atoms with van der Waals surface area (Å²) in [7, 11) is 0. The summed E-state index contributed by atoms with van der Waals surface area (Å²) in [6.07, 6.45) is 3.90. The number of hydrogen-bond donors (Lipinski definition) is 2. The van der Waals surface area contributed by atoms with Crippen molar-refractivity contribution in [2.24, 2.45) is 5.73 Å². The molecule has 0 spiro atoms. The molecule has 1 aromatic rings. The summed E-state index contributed by atoms with van der Waals surface area (Å²) >= 11 is 0. The van der Waals surface area contributed by atoms with E-state index < -0.39 is 11.7 Å². The molecule has 3 N–H and O–H groups in total. The van der Waals surface area contributed by atoms with Crippen LogP contribution in [0.15, 0.2) is 18.3 Å². The van der Waals surface area contributed by atoms with Gasteiger partial charge < -0.3 is 20.7 Å². The first-order chi connectivity index (χ1) is 11.2. The Morgan fingerprint density at radius 3 is 2.46 bits per heavy atom. The van der Waals surface area contributed by atoms with Crippen molar-refractivity contribution >= 4 is 11.9 Å². The van der Waals surface area contributed by atoms with Crippen LogP contribution in [0.2, 0.25) is 0 Å². The van der Waals surface area contributed by atoms with Crippen molar-refractivity contribution in [3.63, 3.8) is 0 Å². The number of anilines is 1. The summed E-state index contributed by atoms with van der Waals surface area (Å²) in [6, 6.07) is 4.10. The van der Waals surface area contributed by atoms with Crippen LogP contribution in [0.25, 0.3) is 0 Å². The van der Waals surface area contributed by atoms with Crippen molar-refractivity contribution in [2.75, 3.05) is 31.1 Å². The third-order valence-electron chi connectivity index (χ3n) is 4.35. The Labute approximate surface area is 144 Å². The fourth-order valence-corrected chi connectivity index (χ4v) is 2.75. The number of aromatic nitrogens is 1. The molecule has 2 heterocycles. The molecule has 1 saturated heterocycles. The summed E-state index contributed by atoms with van der Waals surface area (Å²) in [5.74, 6) is 1.01. The van der Waals surface area contributed by atoms with Gasteiger partial charge in [-0.25, -0.2) is 9.78 Å². The highest BCUT2D eigenvalue weighted by molar-refractivity contribution is 5.67. The van der Waals surface area contributed by atoms with Gasteiger partial charge in [0.1, 0.15) is 11.4 Å². The third kappa shape index (κ3) is 4.84. The SMILES string of the molecule is CC(C)(C)OC(=O)NCC(C)(CN)c1ccc(N2CCCC2)nc1. The van der Waals surface area contributed by atoms with Gasteiger partial charge in [0.05, 0.1) is 0 Å². The van der Waals surface area contributed by atoms with Crippen molar-refractivity contribution in [1.82, 2.24) is 10.3 Å². The highest BCUT2D eigenvalue weighted by atomic mass is 16.6. The molecule has 1 aliphatic rings. The van der Waals surface area contributed by atoms with Gasteiger partial charge in [-0.3, -0.25) is 0 Å². The molecule has 0 saturated carbocycles. The van der Waals surface area contributed by atoms with Crippen LogP contribution in [0.4, 0.5) is 10.6 Å². The van der Waals surface area contributed by atoms with E-state index in [9.17, 15) is 4.79 Å². The first-order valence-corrected chi connectivity index (χ1v) is 8.62. The van der Waals surface area contributed by atoms with Gasteiger partial charge in [0, 0.05) is 37.8 Å². The van der Waals surface area contributed by atoms with Gasteiger partial charge in [0.2, 0.25) is 0 Å². The van der Waals surface area contributed by atoms with Crippen LogP contribution in [-0.2, 0) is 10.2 Å². The van der Waals surface area contributed by atoms with Crippen LogP contribution in [0.1, 0.15) is 46.1 Å². The van der Waals surface area contributed by atoms with Gasteiger partial charge in [-0.15, -0.1) is 0 Å². The van der Waals surface area contributed by atoms with Gasteiger partial charge in [0.25, 0.3) is 0 Å². The molecule has 1 amide bonds. The monoisotopic (exact) mass is 334 g/mol. The fourth-order valence-electron chi connectivity index (χ4n) is 2.75. The highest BCUT2D eigenvalue weighted by Crippen LogP contribution is 2.24. The van der Waals surface area contributed by atoms with E-state index in [1.165, 1.54) is 12.8 Å². The van der Waals surface area contributed by atoms with Gasteiger partial charge in [-0.2, -0.15) is 0 Å². The lowest BCUT2D eigenvalue weighted by Crippen LogP contribution is -2.45. The minimum Gasteiger partial charge on any atom is -0.444 e. The number of amides is 1. The molecule has 2 rings (SSSR count). The van der Waals surface area contributed by atoms with Crippen LogP contribution in [0.3, 0.4) is 0 Å². The number of pyridine rings is 1. The molecule has 1 aliphatic heterocycles. The summed E-state index contributed by atoms with van der Waals surface area (Å²) in [5.41, 5.74) is 6.11. The number of nitrogens with zero attached hydrogens (tertiary/aromatic N) is 2. The van der Waals surface area contributed by atoms with Crippen molar-refractivity contribution < 1.29 is 9.53 Å². The Morgan fingerprint density at radius 1 is 1.29 bits per heavy atom. The van der Waals surface area contributed by atoms with E-state index in [1.807, 2.05) is 40.0 Å². The van der Waals surface area contributed by atoms with Crippen LogP contribution in [0, 0.1) is 0 Å². The average Bonchev–Trinajstić information content (AvgIpc) is 3.05. The molecular weight excluding hydrogens is 304 g/mol. The lowest BCUT2D eigenvalue weighted by molar-refractivity contribution is 0.0516. The normalized spacial score (nSPS) is 17.5. The summed E-state index contributed by atoms with van der Waals surface area (Å²) in [6.45, 7) is 10.5. The molecule has 24 heavy (non-hydrogen) atoms. The quantitative estimate of drug-likeness (QED) is 0.864. The largest absolute Gasteiger partial charge is 0.444 e. The number of carbonyl (C=O) groups is 1. The maximum atomic E-state index is 11.9. The molecule has 1 fully saturated rings. The first kappa shape index (κ1) is 18.5. The second-order valence-corrected chi connectivity index (χ2v) is 7.72. The van der Waals surface area contributed by atoms with E-state index in [4.69, 9.17) is 10.5 Å². The molecular formula is C18H30N4O2. The Kier molecular flexibility index (Phi) is 5.70. The summed E-state index contributed by atoms with van der Waals surface area (Å²) < 4.78 is 5.29. The van der Waals surface area contributed by atoms with E-state index in [2.05, 4.69) is 21.3 Å². The molecule has 1 unspecified atom stereocenters. The lowest BCUT2D eigenvalue weighted by Gasteiger charge is -2.30. The molecule has 1 atom stereocenters. The zero-order valence-corrected chi connectivity index (χ0v) is 15.3. The van der Waals surface area contributed by atoms with Crippen molar-refractivity contribution in [3.05, 3.63) is 23.9 Å². The molecule has 0 bridgehead atoms. The molecule has 6 heteroatoms. The standard InChI is InChI=1S/C18H30N4O2/c1-17(2,3)24-16(23)21-13-18(4,12-19)14-7-8-15(20-11-14)22-9-5-6-10-22/h7-8,11H,5-6,9-10,12-13,19H2,1-4H3,(H,21,23). The van der Waals surface area contributed by atoms with E-state index in [0.717, 1.165) is 24.5 Å². The number of carbonyl (C=O) groups excluding carboxylic acids is 1. The lowest BCUT2D eigenvalue weighted by atomic mass is 9.83. The maximum Gasteiger partial charge on any atom is 0.407 e. The highest BCUT2D eigenvalue weighted by Gasteiger charge is 2.28. The minimum atomic E-state index is -0.512. The Balaban J connectivity index is 2.01. The minimum absolute atomic E-state index is 0.382. The van der Waals surface area contributed by atoms with E-state index in [-0.39, 0.29) is 5.41 Å². The second-order valence-electron chi connectivity index (χ2n) is 7.72. The molecule has 0 radical (unpaired) electrons. The average molecular weight is 334 g/mol. The molecule has 1 aromatic heterocycles. The summed E-state index contributed by atoms with van der Waals surface area (Å²) in [5, 5.41) is 2.82. The number of nitrogens with one attached hydrogen (secondary N) is 1. The first-order valence-electron chi connectivity index (χ1n) is 8.62. The van der Waals surface area contributed by atoms with E-state index >= 15 is 0 Å². The zero-order chi connectivity index (χ0) is 17.8. The maximum absolute atomic E-state index is 11.9. The molecule has 0 aliphatic carbocycles. The van der Waals surface area contributed by atoms with Crippen LogP contribution in [0.5, 0.6) is 0 Å². The van der Waals surface area contributed by atoms with E-state index in [1.54, 1.807) is 0 Å². The smallest absolute Gasteiger partial charge is 0.407 e. The Morgan fingerprint density at radius 2 is 1.96 bits per heavy atom. The van der Waals surface area contributed by atoms with Crippen molar-refractivity contribution in [2.45, 2.75) is 51.6 Å². The van der Waals surface area contributed by atoms with Gasteiger partial charge in [0.15, 0.2) is 0 Å². The van der Waals surface area contributed by atoms with Crippen molar-refractivity contribution in [1.29, 1.82) is 0 Å². The number of hydrogen-bond acceptors (Lipinski definition) is 5. The van der Waals surface area contributed by atoms with Gasteiger partial charge in [-0.1, -0.05) is 13.0 Å². The van der Waals surface area contributed by atoms with Crippen LogP contribution in [-0.4, -0.2) is 42.9 Å². The van der Waals surface area contributed by atoms with Crippen LogP contribution >= 0.6 is 0 Å². The topological polar surface area (TPSA) is 80.5 Å². The zero-order valence-electron chi connectivity index (χ0n) is 15.3. The fraction of sp³-hybridized carbons (Fsp3) is 0.667. The van der Waals surface area contributed by atoms with Crippen molar-refractivity contribution in [3.8, 4) is 0 Å². The number of nitrogens with two attached hydrogens (primary N) is 1. The van der Waals surface area contributed by atoms with Crippen LogP contribution < -0.4 is 16.0 Å². The molecule has 134 valence electrons. The molecule has 0 aromatic carbocycles. The Bertz CT molecular complexity index is 547. The molecule has 6 nitrogen and oxygen atoms in total.